The highest BCUT2D eigenvalue weighted by atomic mass is 16.5. The summed E-state index contributed by atoms with van der Waals surface area (Å²) in [7, 11) is 1.71. The molecule has 3 heteroatoms. The van der Waals surface area contributed by atoms with Gasteiger partial charge in [-0.3, -0.25) is 0 Å². The van der Waals surface area contributed by atoms with Crippen molar-refractivity contribution in [2.24, 2.45) is 0 Å². The van der Waals surface area contributed by atoms with Crippen LogP contribution in [0, 0.1) is 0 Å². The monoisotopic (exact) mass is 249 g/mol. The molecule has 0 bridgehead atoms. The van der Waals surface area contributed by atoms with Crippen molar-refractivity contribution in [1.82, 2.24) is 0 Å². The van der Waals surface area contributed by atoms with Gasteiger partial charge in [-0.25, -0.2) is 0 Å². The van der Waals surface area contributed by atoms with E-state index in [2.05, 4.69) is 29.2 Å². The first kappa shape index (κ1) is 13.4. The minimum absolute atomic E-state index is 0.482. The lowest BCUT2D eigenvalue weighted by molar-refractivity contribution is 0.000822. The smallest absolute Gasteiger partial charge is 0.0682 e. The number of hydrogen-bond donors (Lipinski definition) is 1. The van der Waals surface area contributed by atoms with Gasteiger partial charge in [-0.15, -0.1) is 0 Å². The topological polar surface area (TPSA) is 32.7 Å². The summed E-state index contributed by atoms with van der Waals surface area (Å²) in [5, 5.41) is 10.5. The van der Waals surface area contributed by atoms with Crippen LogP contribution in [-0.4, -0.2) is 37.5 Å². The highest BCUT2D eigenvalue weighted by Gasteiger charge is 2.31. The van der Waals surface area contributed by atoms with Crippen LogP contribution in [0.5, 0.6) is 0 Å². The standard InChI is InChI=1S/C15H23NO2/c1-18-13-5-8-15(17)9-11-16(12-10-15)14-6-3-2-4-7-14/h2-4,6-7,17H,5,8-13H2,1H3. The summed E-state index contributed by atoms with van der Waals surface area (Å²) in [4.78, 5) is 2.35. The molecule has 0 aliphatic carbocycles. The molecule has 0 spiro atoms. The van der Waals surface area contributed by atoms with Crippen LogP contribution >= 0.6 is 0 Å². The van der Waals surface area contributed by atoms with Crippen LogP contribution in [0.15, 0.2) is 30.3 Å². The fourth-order valence-corrected chi connectivity index (χ4v) is 2.62. The molecular formula is C15H23NO2. The van der Waals surface area contributed by atoms with E-state index in [4.69, 9.17) is 4.74 Å². The summed E-state index contributed by atoms with van der Waals surface area (Å²) in [6.45, 7) is 2.62. The Bertz CT molecular complexity index is 345. The van der Waals surface area contributed by atoms with Crippen molar-refractivity contribution in [2.75, 3.05) is 31.7 Å². The number of piperidine rings is 1. The van der Waals surface area contributed by atoms with E-state index < -0.39 is 5.60 Å². The van der Waals surface area contributed by atoms with Crippen molar-refractivity contribution >= 4 is 5.69 Å². The quantitative estimate of drug-likeness (QED) is 0.814. The van der Waals surface area contributed by atoms with E-state index in [1.807, 2.05) is 6.07 Å². The first-order chi connectivity index (χ1) is 8.73. The Morgan fingerprint density at radius 2 is 1.89 bits per heavy atom. The van der Waals surface area contributed by atoms with Crippen LogP contribution in [-0.2, 0) is 4.74 Å². The van der Waals surface area contributed by atoms with Crippen LogP contribution in [0.4, 0.5) is 5.69 Å². The molecule has 0 amide bonds. The molecule has 3 nitrogen and oxygen atoms in total. The number of benzene rings is 1. The molecule has 100 valence electrons. The third-order valence-electron chi connectivity index (χ3n) is 3.81. The normalized spacial score (nSPS) is 18.9. The van der Waals surface area contributed by atoms with Gasteiger partial charge < -0.3 is 14.7 Å². The van der Waals surface area contributed by atoms with Gasteiger partial charge >= 0.3 is 0 Å². The molecule has 2 rings (SSSR count). The van der Waals surface area contributed by atoms with Gasteiger partial charge in [0, 0.05) is 32.5 Å². The minimum atomic E-state index is -0.482. The number of ether oxygens (including phenoxy) is 1. The fourth-order valence-electron chi connectivity index (χ4n) is 2.62. The van der Waals surface area contributed by atoms with Gasteiger partial charge in [-0.05, 0) is 37.8 Å². The maximum atomic E-state index is 10.5. The summed E-state index contributed by atoms with van der Waals surface area (Å²) < 4.78 is 5.05. The van der Waals surface area contributed by atoms with Crippen molar-refractivity contribution in [1.29, 1.82) is 0 Å². The van der Waals surface area contributed by atoms with E-state index >= 15 is 0 Å². The molecule has 0 unspecified atom stereocenters. The van der Waals surface area contributed by atoms with E-state index in [1.54, 1.807) is 7.11 Å². The average Bonchev–Trinajstić information content (AvgIpc) is 2.41. The van der Waals surface area contributed by atoms with Gasteiger partial charge in [0.25, 0.3) is 0 Å². The highest BCUT2D eigenvalue weighted by Crippen LogP contribution is 2.29. The van der Waals surface area contributed by atoms with E-state index in [-0.39, 0.29) is 0 Å². The summed E-state index contributed by atoms with van der Waals surface area (Å²) in [6.07, 6.45) is 3.50. The largest absolute Gasteiger partial charge is 0.390 e. The Morgan fingerprint density at radius 1 is 1.22 bits per heavy atom. The third kappa shape index (κ3) is 3.47. The molecule has 1 saturated heterocycles. The maximum Gasteiger partial charge on any atom is 0.0682 e. The van der Waals surface area contributed by atoms with Crippen molar-refractivity contribution < 1.29 is 9.84 Å². The van der Waals surface area contributed by atoms with Crippen LogP contribution in [0.2, 0.25) is 0 Å². The number of nitrogens with zero attached hydrogens (tertiary/aromatic N) is 1. The molecule has 1 heterocycles. The molecule has 1 N–H and O–H groups in total. The van der Waals surface area contributed by atoms with Crippen molar-refractivity contribution in [2.45, 2.75) is 31.3 Å². The number of para-hydroxylation sites is 1. The van der Waals surface area contributed by atoms with Gasteiger partial charge in [0.15, 0.2) is 0 Å². The van der Waals surface area contributed by atoms with Gasteiger partial charge in [-0.1, -0.05) is 18.2 Å². The molecule has 1 aromatic rings. The second-order valence-corrected chi connectivity index (χ2v) is 5.14. The first-order valence-electron chi connectivity index (χ1n) is 6.75. The van der Waals surface area contributed by atoms with E-state index in [9.17, 15) is 5.11 Å². The molecule has 1 aliphatic heterocycles. The predicted octanol–water partition coefficient (Wildman–Crippen LogP) is 2.44. The Labute approximate surface area is 109 Å². The van der Waals surface area contributed by atoms with Crippen LogP contribution in [0.3, 0.4) is 0 Å². The Morgan fingerprint density at radius 3 is 2.50 bits per heavy atom. The van der Waals surface area contributed by atoms with Gasteiger partial charge in [0.2, 0.25) is 0 Å². The fraction of sp³-hybridized carbons (Fsp3) is 0.600. The lowest BCUT2D eigenvalue weighted by atomic mass is 9.87. The summed E-state index contributed by atoms with van der Waals surface area (Å²) >= 11 is 0. The number of aliphatic hydroxyl groups is 1. The van der Waals surface area contributed by atoms with Gasteiger partial charge in [0.05, 0.1) is 5.60 Å². The van der Waals surface area contributed by atoms with E-state index in [1.165, 1.54) is 5.69 Å². The van der Waals surface area contributed by atoms with Crippen molar-refractivity contribution in [3.05, 3.63) is 30.3 Å². The summed E-state index contributed by atoms with van der Waals surface area (Å²) in [6, 6.07) is 10.4. The lowest BCUT2D eigenvalue weighted by Crippen LogP contribution is -2.44. The SMILES string of the molecule is COCCCC1(O)CCN(c2ccccc2)CC1. The second-order valence-electron chi connectivity index (χ2n) is 5.14. The third-order valence-corrected chi connectivity index (χ3v) is 3.81. The predicted molar refractivity (Wildman–Crippen MR) is 73.9 cm³/mol. The number of rotatable bonds is 5. The molecular weight excluding hydrogens is 226 g/mol. The van der Waals surface area contributed by atoms with Crippen molar-refractivity contribution in [3.8, 4) is 0 Å². The van der Waals surface area contributed by atoms with E-state index in [0.717, 1.165) is 45.4 Å². The summed E-state index contributed by atoms with van der Waals surface area (Å²) in [5.74, 6) is 0. The molecule has 18 heavy (non-hydrogen) atoms. The molecule has 0 aromatic heterocycles. The Kier molecular flexibility index (Phi) is 4.61. The number of hydrogen-bond acceptors (Lipinski definition) is 3. The molecule has 1 aliphatic rings. The second kappa shape index (κ2) is 6.21. The molecule has 0 atom stereocenters. The Balaban J connectivity index is 1.84. The molecule has 1 aromatic carbocycles. The van der Waals surface area contributed by atoms with Gasteiger partial charge in [0.1, 0.15) is 0 Å². The zero-order chi connectivity index (χ0) is 12.8. The minimum Gasteiger partial charge on any atom is -0.390 e. The highest BCUT2D eigenvalue weighted by molar-refractivity contribution is 5.46. The van der Waals surface area contributed by atoms with Crippen LogP contribution in [0.1, 0.15) is 25.7 Å². The molecule has 1 fully saturated rings. The number of anilines is 1. The first-order valence-corrected chi connectivity index (χ1v) is 6.75. The molecule has 0 saturated carbocycles. The number of methoxy groups -OCH3 is 1. The lowest BCUT2D eigenvalue weighted by Gasteiger charge is -2.39. The van der Waals surface area contributed by atoms with Crippen LogP contribution < -0.4 is 4.90 Å². The zero-order valence-electron chi connectivity index (χ0n) is 11.1. The average molecular weight is 249 g/mol. The zero-order valence-corrected chi connectivity index (χ0v) is 11.1. The molecule has 0 radical (unpaired) electrons. The van der Waals surface area contributed by atoms with Gasteiger partial charge in [-0.2, -0.15) is 0 Å². The maximum absolute atomic E-state index is 10.5. The van der Waals surface area contributed by atoms with Crippen molar-refractivity contribution in [3.63, 3.8) is 0 Å². The summed E-state index contributed by atoms with van der Waals surface area (Å²) in [5.41, 5.74) is 0.778. The van der Waals surface area contributed by atoms with Crippen LogP contribution in [0.25, 0.3) is 0 Å². The Hall–Kier alpha value is -1.06. The van der Waals surface area contributed by atoms with E-state index in [0.29, 0.717) is 0 Å².